The van der Waals surface area contributed by atoms with Crippen LogP contribution in [0, 0.1) is 0 Å². The van der Waals surface area contributed by atoms with E-state index in [2.05, 4.69) is 5.32 Å². The zero-order chi connectivity index (χ0) is 17.5. The number of amides is 2. The summed E-state index contributed by atoms with van der Waals surface area (Å²) >= 11 is 6.12. The number of rotatable bonds is 5. The molecule has 0 saturated carbocycles. The van der Waals surface area contributed by atoms with E-state index in [4.69, 9.17) is 16.3 Å². The molecular formula is C18H19ClN2O3. The minimum Gasteiger partial charge on any atom is -0.450 e. The third-order valence-corrected chi connectivity index (χ3v) is 3.73. The van der Waals surface area contributed by atoms with E-state index < -0.39 is 6.09 Å². The predicted molar refractivity (Wildman–Crippen MR) is 94.3 cm³/mol. The third kappa shape index (κ3) is 4.73. The third-order valence-electron chi connectivity index (χ3n) is 3.37. The first-order valence-electron chi connectivity index (χ1n) is 7.54. The number of nitrogens with zero attached hydrogens (tertiary/aromatic N) is 1. The van der Waals surface area contributed by atoms with Gasteiger partial charge in [-0.2, -0.15) is 0 Å². The van der Waals surface area contributed by atoms with Crippen molar-refractivity contribution in [2.75, 3.05) is 19.0 Å². The number of nitrogens with one attached hydrogen (secondary N) is 1. The Hall–Kier alpha value is -2.53. The molecule has 0 atom stereocenters. The average Bonchev–Trinajstić information content (AvgIpc) is 2.57. The summed E-state index contributed by atoms with van der Waals surface area (Å²) in [5.41, 5.74) is 1.98. The van der Waals surface area contributed by atoms with Crippen LogP contribution in [0.25, 0.3) is 0 Å². The lowest BCUT2D eigenvalue weighted by atomic mass is 10.1. The number of anilines is 1. The van der Waals surface area contributed by atoms with Crippen LogP contribution in [-0.4, -0.2) is 30.6 Å². The van der Waals surface area contributed by atoms with E-state index in [9.17, 15) is 9.59 Å². The Balaban J connectivity index is 2.01. The summed E-state index contributed by atoms with van der Waals surface area (Å²) in [6, 6.07) is 14.1. The fourth-order valence-electron chi connectivity index (χ4n) is 2.16. The molecule has 2 rings (SSSR count). The lowest BCUT2D eigenvalue weighted by Gasteiger charge is -2.18. The first-order valence-corrected chi connectivity index (χ1v) is 7.91. The van der Waals surface area contributed by atoms with Gasteiger partial charge in [-0.1, -0.05) is 29.8 Å². The molecule has 0 aromatic heterocycles. The van der Waals surface area contributed by atoms with Gasteiger partial charge in [-0.05, 0) is 42.8 Å². The fraction of sp³-hybridized carbons (Fsp3) is 0.222. The normalized spacial score (nSPS) is 10.1. The van der Waals surface area contributed by atoms with Crippen LogP contribution in [0.4, 0.5) is 10.5 Å². The Kier molecular flexibility index (Phi) is 6.21. The van der Waals surface area contributed by atoms with Gasteiger partial charge in [-0.25, -0.2) is 4.79 Å². The molecule has 0 aliphatic carbocycles. The maximum absolute atomic E-state index is 12.5. The smallest absolute Gasteiger partial charge is 0.411 e. The molecule has 5 nitrogen and oxygen atoms in total. The summed E-state index contributed by atoms with van der Waals surface area (Å²) in [7, 11) is 1.72. The maximum atomic E-state index is 12.5. The summed E-state index contributed by atoms with van der Waals surface area (Å²) < 4.78 is 4.80. The molecule has 1 N–H and O–H groups in total. The summed E-state index contributed by atoms with van der Waals surface area (Å²) in [5, 5.41) is 3.21. The van der Waals surface area contributed by atoms with E-state index in [0.29, 0.717) is 29.4 Å². The van der Waals surface area contributed by atoms with Crippen molar-refractivity contribution in [3.63, 3.8) is 0 Å². The number of benzene rings is 2. The first kappa shape index (κ1) is 17.8. The predicted octanol–water partition coefficient (Wildman–Crippen LogP) is 4.18. The van der Waals surface area contributed by atoms with Crippen molar-refractivity contribution in [3.05, 3.63) is 64.7 Å². The Morgan fingerprint density at radius 1 is 1.12 bits per heavy atom. The molecule has 0 bridgehead atoms. The van der Waals surface area contributed by atoms with E-state index in [0.717, 1.165) is 5.56 Å². The number of carbonyl (C=O) groups is 2. The average molecular weight is 347 g/mol. The van der Waals surface area contributed by atoms with Crippen molar-refractivity contribution in [1.82, 2.24) is 4.90 Å². The molecule has 0 radical (unpaired) electrons. The molecule has 0 aliphatic rings. The van der Waals surface area contributed by atoms with Gasteiger partial charge in [-0.3, -0.25) is 10.1 Å². The Bertz CT molecular complexity index is 716. The second kappa shape index (κ2) is 8.36. The number of hydrogen-bond acceptors (Lipinski definition) is 3. The van der Waals surface area contributed by atoms with Gasteiger partial charge >= 0.3 is 6.09 Å². The zero-order valence-corrected chi connectivity index (χ0v) is 14.3. The SMILES string of the molecule is CCOC(=O)Nc1ccc(C(=O)N(C)Cc2ccccc2Cl)cc1. The second-order valence-electron chi connectivity index (χ2n) is 5.18. The van der Waals surface area contributed by atoms with Crippen LogP contribution in [0.2, 0.25) is 5.02 Å². The van der Waals surface area contributed by atoms with Crippen LogP contribution in [0.5, 0.6) is 0 Å². The van der Waals surface area contributed by atoms with E-state index in [1.807, 2.05) is 18.2 Å². The highest BCUT2D eigenvalue weighted by Gasteiger charge is 2.13. The van der Waals surface area contributed by atoms with E-state index >= 15 is 0 Å². The van der Waals surface area contributed by atoms with Crippen molar-refractivity contribution in [2.24, 2.45) is 0 Å². The number of carbonyl (C=O) groups excluding carboxylic acids is 2. The Labute approximate surface area is 146 Å². The van der Waals surface area contributed by atoms with Crippen LogP contribution >= 0.6 is 11.6 Å². The molecule has 2 aromatic carbocycles. The zero-order valence-electron chi connectivity index (χ0n) is 13.6. The van der Waals surface area contributed by atoms with Crippen LogP contribution in [0.15, 0.2) is 48.5 Å². The van der Waals surface area contributed by atoms with Gasteiger partial charge in [0.15, 0.2) is 0 Å². The molecule has 0 saturated heterocycles. The van der Waals surface area contributed by atoms with Crippen molar-refractivity contribution < 1.29 is 14.3 Å². The molecule has 126 valence electrons. The minimum absolute atomic E-state index is 0.127. The van der Waals surface area contributed by atoms with Gasteiger partial charge in [-0.15, -0.1) is 0 Å². The van der Waals surface area contributed by atoms with Crippen molar-refractivity contribution in [2.45, 2.75) is 13.5 Å². The highest BCUT2D eigenvalue weighted by molar-refractivity contribution is 6.31. The minimum atomic E-state index is -0.521. The Morgan fingerprint density at radius 2 is 1.79 bits per heavy atom. The molecule has 24 heavy (non-hydrogen) atoms. The standard InChI is InChI=1S/C18H19ClN2O3/c1-3-24-18(23)20-15-10-8-13(9-11-15)17(22)21(2)12-14-6-4-5-7-16(14)19/h4-11H,3,12H2,1-2H3,(H,20,23). The monoisotopic (exact) mass is 346 g/mol. The van der Waals surface area contributed by atoms with Gasteiger partial charge in [0.25, 0.3) is 5.91 Å². The van der Waals surface area contributed by atoms with Crippen molar-refractivity contribution in [3.8, 4) is 0 Å². The largest absolute Gasteiger partial charge is 0.450 e. The van der Waals surface area contributed by atoms with Crippen molar-refractivity contribution in [1.29, 1.82) is 0 Å². The van der Waals surface area contributed by atoms with Crippen molar-refractivity contribution >= 4 is 29.3 Å². The van der Waals surface area contributed by atoms with Gasteiger partial charge in [0.05, 0.1) is 6.61 Å². The molecular weight excluding hydrogens is 328 g/mol. The summed E-state index contributed by atoms with van der Waals surface area (Å²) in [6.07, 6.45) is -0.521. The number of halogens is 1. The fourth-order valence-corrected chi connectivity index (χ4v) is 2.35. The lowest BCUT2D eigenvalue weighted by molar-refractivity contribution is 0.0785. The molecule has 2 aromatic rings. The molecule has 6 heteroatoms. The molecule has 2 amide bonds. The van der Waals surface area contributed by atoms with Crippen LogP contribution in [-0.2, 0) is 11.3 Å². The highest BCUT2D eigenvalue weighted by atomic mass is 35.5. The summed E-state index contributed by atoms with van der Waals surface area (Å²) in [4.78, 5) is 25.4. The van der Waals surface area contributed by atoms with Gasteiger partial charge < -0.3 is 9.64 Å². The molecule has 0 unspecified atom stereocenters. The quantitative estimate of drug-likeness (QED) is 0.883. The molecule has 0 spiro atoms. The highest BCUT2D eigenvalue weighted by Crippen LogP contribution is 2.18. The van der Waals surface area contributed by atoms with Gasteiger partial charge in [0, 0.05) is 29.9 Å². The lowest BCUT2D eigenvalue weighted by Crippen LogP contribution is -2.26. The van der Waals surface area contributed by atoms with Crippen LogP contribution < -0.4 is 5.32 Å². The molecule has 0 aliphatic heterocycles. The number of hydrogen-bond donors (Lipinski definition) is 1. The molecule has 0 fully saturated rings. The van der Waals surface area contributed by atoms with Gasteiger partial charge in [0.1, 0.15) is 0 Å². The van der Waals surface area contributed by atoms with E-state index in [1.54, 1.807) is 49.2 Å². The van der Waals surface area contributed by atoms with Crippen LogP contribution in [0.3, 0.4) is 0 Å². The first-order chi connectivity index (χ1) is 11.5. The molecule has 0 heterocycles. The van der Waals surface area contributed by atoms with E-state index in [1.165, 1.54) is 0 Å². The number of ether oxygens (including phenoxy) is 1. The van der Waals surface area contributed by atoms with Crippen LogP contribution in [0.1, 0.15) is 22.8 Å². The topological polar surface area (TPSA) is 58.6 Å². The summed E-state index contributed by atoms with van der Waals surface area (Å²) in [6.45, 7) is 2.45. The second-order valence-corrected chi connectivity index (χ2v) is 5.58. The Morgan fingerprint density at radius 3 is 2.42 bits per heavy atom. The maximum Gasteiger partial charge on any atom is 0.411 e. The van der Waals surface area contributed by atoms with E-state index in [-0.39, 0.29) is 5.91 Å². The van der Waals surface area contributed by atoms with Gasteiger partial charge in [0.2, 0.25) is 0 Å². The summed E-state index contributed by atoms with van der Waals surface area (Å²) in [5.74, 6) is -0.127.